The lowest BCUT2D eigenvalue weighted by molar-refractivity contribution is -0.115. The highest BCUT2D eigenvalue weighted by atomic mass is 32.1. The number of anilines is 1. The van der Waals surface area contributed by atoms with E-state index >= 15 is 0 Å². The lowest BCUT2D eigenvalue weighted by Crippen LogP contribution is -2.23. The Bertz CT molecular complexity index is 732. The number of fused-ring (bicyclic) bond motifs is 1. The van der Waals surface area contributed by atoms with E-state index in [-0.39, 0.29) is 17.4 Å². The van der Waals surface area contributed by atoms with Crippen LogP contribution in [0.4, 0.5) is 5.69 Å². The van der Waals surface area contributed by atoms with Crippen LogP contribution >= 0.6 is 11.3 Å². The van der Waals surface area contributed by atoms with E-state index in [1.165, 1.54) is 11.3 Å². The number of ether oxygens (including phenoxy) is 1. The number of Topliss-reactive ketones (excluding diaryl/α,β-unsaturated/α-hetero) is 1. The molecule has 1 aromatic heterocycles. The molecular weight excluding hydrogens is 286 g/mol. The number of carbonyl (C=O) groups excluding carboxylic acids is 2. The van der Waals surface area contributed by atoms with Crippen LogP contribution in [0, 0.1) is 0 Å². The van der Waals surface area contributed by atoms with Gasteiger partial charge in [0.25, 0.3) is 5.91 Å². The third-order valence-corrected chi connectivity index (χ3v) is 3.95. The van der Waals surface area contributed by atoms with Gasteiger partial charge in [0.2, 0.25) is 0 Å². The van der Waals surface area contributed by atoms with E-state index in [1.807, 2.05) is 17.5 Å². The third-order valence-electron chi connectivity index (χ3n) is 3.13. The van der Waals surface area contributed by atoms with Gasteiger partial charge in [-0.3, -0.25) is 9.59 Å². The Morgan fingerprint density at radius 2 is 2.24 bits per heavy atom. The van der Waals surface area contributed by atoms with Crippen LogP contribution < -0.4 is 10.1 Å². The summed E-state index contributed by atoms with van der Waals surface area (Å²) in [4.78, 5) is 24.7. The maximum absolute atomic E-state index is 12.0. The van der Waals surface area contributed by atoms with E-state index < -0.39 is 0 Å². The summed E-state index contributed by atoms with van der Waals surface area (Å²) < 4.78 is 5.63. The van der Waals surface area contributed by atoms with E-state index in [1.54, 1.807) is 31.2 Å². The molecule has 1 aliphatic heterocycles. The topological polar surface area (TPSA) is 55.4 Å². The van der Waals surface area contributed by atoms with E-state index in [2.05, 4.69) is 5.32 Å². The molecule has 4 nitrogen and oxygen atoms in total. The molecule has 0 spiro atoms. The van der Waals surface area contributed by atoms with Crippen LogP contribution in [-0.2, 0) is 4.79 Å². The van der Waals surface area contributed by atoms with Gasteiger partial charge in [0.1, 0.15) is 0 Å². The molecule has 0 fully saturated rings. The maximum atomic E-state index is 12.0. The van der Waals surface area contributed by atoms with Crippen LogP contribution in [0.1, 0.15) is 28.6 Å². The number of nitrogens with one attached hydrogen (secondary N) is 1. The molecule has 0 saturated heterocycles. The van der Waals surface area contributed by atoms with Crippen molar-refractivity contribution in [3.8, 4) is 5.75 Å². The van der Waals surface area contributed by atoms with Crippen molar-refractivity contribution in [2.24, 2.45) is 0 Å². The average Bonchev–Trinajstić information content (AvgIpc) is 2.99. The number of thiophene rings is 1. The second-order valence-electron chi connectivity index (χ2n) is 4.57. The average molecular weight is 299 g/mol. The normalized spacial score (nSPS) is 15.3. The van der Waals surface area contributed by atoms with Crippen molar-refractivity contribution >= 4 is 34.8 Å². The number of benzene rings is 1. The van der Waals surface area contributed by atoms with Gasteiger partial charge in [-0.1, -0.05) is 13.0 Å². The minimum atomic E-state index is -0.308. The highest BCUT2D eigenvalue weighted by Crippen LogP contribution is 2.32. The summed E-state index contributed by atoms with van der Waals surface area (Å²) in [5.41, 5.74) is 1.11. The molecule has 0 atom stereocenters. The minimum absolute atomic E-state index is 0.0342. The molecule has 0 unspecified atom stereocenters. The summed E-state index contributed by atoms with van der Waals surface area (Å²) in [5.74, 6) is 0.522. The van der Waals surface area contributed by atoms with Gasteiger partial charge in [-0.15, -0.1) is 11.3 Å². The summed E-state index contributed by atoms with van der Waals surface area (Å²) in [7, 11) is 0. The number of rotatable bonds is 3. The first kappa shape index (κ1) is 13.6. The monoisotopic (exact) mass is 299 g/mol. The molecule has 2 aromatic rings. The lowest BCUT2D eigenvalue weighted by Gasteiger charge is -2.20. The van der Waals surface area contributed by atoms with Crippen LogP contribution in [0.15, 0.2) is 41.5 Å². The van der Waals surface area contributed by atoms with Gasteiger partial charge in [-0.05, 0) is 29.6 Å². The van der Waals surface area contributed by atoms with Crippen molar-refractivity contribution in [2.45, 2.75) is 13.3 Å². The van der Waals surface area contributed by atoms with Crippen LogP contribution in [-0.4, -0.2) is 11.7 Å². The zero-order valence-electron chi connectivity index (χ0n) is 11.4. The minimum Gasteiger partial charge on any atom is -0.449 e. The summed E-state index contributed by atoms with van der Waals surface area (Å²) in [6, 6.07) is 8.90. The fraction of sp³-hybridized carbons (Fsp3) is 0.125. The van der Waals surface area contributed by atoms with E-state index in [0.29, 0.717) is 23.4 Å². The number of carbonyl (C=O) groups is 2. The highest BCUT2D eigenvalue weighted by molar-refractivity contribution is 7.10. The number of ketones is 1. The SMILES string of the molecule is CCC(=O)c1ccc2c(c1)NC(=O)/C(=C\c1cccs1)O2. The fourth-order valence-electron chi connectivity index (χ4n) is 2.04. The van der Waals surface area contributed by atoms with Gasteiger partial charge >= 0.3 is 0 Å². The van der Waals surface area contributed by atoms with Crippen molar-refractivity contribution in [3.63, 3.8) is 0 Å². The van der Waals surface area contributed by atoms with Gasteiger partial charge in [-0.2, -0.15) is 0 Å². The first-order chi connectivity index (χ1) is 10.2. The van der Waals surface area contributed by atoms with Gasteiger partial charge in [0.15, 0.2) is 17.3 Å². The van der Waals surface area contributed by atoms with Crippen molar-refractivity contribution < 1.29 is 14.3 Å². The zero-order chi connectivity index (χ0) is 14.8. The Morgan fingerprint density at radius 1 is 1.38 bits per heavy atom. The van der Waals surface area contributed by atoms with Gasteiger partial charge in [0, 0.05) is 22.9 Å². The molecule has 1 aliphatic rings. The summed E-state index contributed by atoms with van der Waals surface area (Å²) in [6.07, 6.45) is 2.13. The van der Waals surface area contributed by atoms with Crippen LogP contribution in [0.5, 0.6) is 5.75 Å². The first-order valence-corrected chi connectivity index (χ1v) is 7.47. The maximum Gasteiger partial charge on any atom is 0.291 e. The summed E-state index contributed by atoms with van der Waals surface area (Å²) >= 11 is 1.53. The lowest BCUT2D eigenvalue weighted by atomic mass is 10.1. The molecule has 0 bridgehead atoms. The van der Waals surface area contributed by atoms with Gasteiger partial charge in [0.05, 0.1) is 5.69 Å². The number of hydrogen-bond acceptors (Lipinski definition) is 4. The first-order valence-electron chi connectivity index (χ1n) is 6.59. The molecule has 5 heteroatoms. The van der Waals surface area contributed by atoms with Crippen LogP contribution in [0.2, 0.25) is 0 Å². The Kier molecular flexibility index (Phi) is 3.58. The smallest absolute Gasteiger partial charge is 0.291 e. The second kappa shape index (κ2) is 5.54. The second-order valence-corrected chi connectivity index (χ2v) is 5.55. The molecule has 0 radical (unpaired) electrons. The summed E-state index contributed by atoms with van der Waals surface area (Å²) in [6.45, 7) is 1.80. The Hall–Kier alpha value is -2.40. The quantitative estimate of drug-likeness (QED) is 0.694. The van der Waals surface area contributed by atoms with E-state index in [0.717, 1.165) is 4.88 Å². The highest BCUT2D eigenvalue weighted by Gasteiger charge is 2.23. The molecular formula is C16H13NO3S. The largest absolute Gasteiger partial charge is 0.449 e. The molecule has 1 amide bonds. The Morgan fingerprint density at radius 3 is 2.95 bits per heavy atom. The van der Waals surface area contributed by atoms with Crippen molar-refractivity contribution in [2.75, 3.05) is 5.32 Å². The fourth-order valence-corrected chi connectivity index (χ4v) is 2.69. The molecule has 106 valence electrons. The zero-order valence-corrected chi connectivity index (χ0v) is 12.2. The molecule has 1 N–H and O–H groups in total. The van der Waals surface area contributed by atoms with Gasteiger partial charge in [-0.25, -0.2) is 0 Å². The predicted octanol–water partition coefficient (Wildman–Crippen LogP) is 3.71. The molecule has 0 aliphatic carbocycles. The molecule has 21 heavy (non-hydrogen) atoms. The Labute approximate surface area is 126 Å². The van der Waals surface area contributed by atoms with Crippen LogP contribution in [0.25, 0.3) is 6.08 Å². The standard InChI is InChI=1S/C16H13NO3S/c1-2-13(18)10-5-6-14-12(8-10)17-16(19)15(20-14)9-11-4-3-7-21-11/h3-9H,2H2,1H3,(H,17,19)/b15-9+. The predicted molar refractivity (Wildman–Crippen MR) is 82.6 cm³/mol. The number of hydrogen-bond donors (Lipinski definition) is 1. The third kappa shape index (κ3) is 2.73. The van der Waals surface area contributed by atoms with E-state index in [9.17, 15) is 9.59 Å². The molecule has 2 heterocycles. The molecule has 1 aromatic carbocycles. The van der Waals surface area contributed by atoms with E-state index in [4.69, 9.17) is 4.74 Å². The number of amides is 1. The van der Waals surface area contributed by atoms with Crippen molar-refractivity contribution in [1.29, 1.82) is 0 Å². The molecule has 0 saturated carbocycles. The van der Waals surface area contributed by atoms with Crippen molar-refractivity contribution in [3.05, 3.63) is 51.9 Å². The van der Waals surface area contributed by atoms with Gasteiger partial charge < -0.3 is 10.1 Å². The Balaban J connectivity index is 1.92. The van der Waals surface area contributed by atoms with Crippen molar-refractivity contribution in [1.82, 2.24) is 0 Å². The van der Waals surface area contributed by atoms with Crippen LogP contribution in [0.3, 0.4) is 0 Å². The molecule has 3 rings (SSSR count). The summed E-state index contributed by atoms with van der Waals surface area (Å²) in [5, 5.41) is 4.70.